The van der Waals surface area contributed by atoms with Crippen molar-refractivity contribution in [1.29, 1.82) is 0 Å². The Balaban J connectivity index is 1.85. The maximum atomic E-state index is 5.92. The first-order valence-electron chi connectivity index (χ1n) is 6.76. The Kier molecular flexibility index (Phi) is 3.00. The van der Waals surface area contributed by atoms with Crippen molar-refractivity contribution < 1.29 is 4.52 Å². The third-order valence-electron chi connectivity index (χ3n) is 3.96. The molecule has 0 aliphatic heterocycles. The first-order valence-corrected chi connectivity index (χ1v) is 6.76. The molecule has 2 aromatic heterocycles. The fourth-order valence-corrected chi connectivity index (χ4v) is 2.79. The van der Waals surface area contributed by atoms with E-state index in [1.165, 1.54) is 12.8 Å². The van der Waals surface area contributed by atoms with Crippen LogP contribution in [0.25, 0.3) is 11.5 Å². The Morgan fingerprint density at radius 2 is 2.26 bits per heavy atom. The lowest BCUT2D eigenvalue weighted by molar-refractivity contribution is 0.324. The van der Waals surface area contributed by atoms with E-state index in [-0.39, 0.29) is 0 Å². The number of nitrogens with two attached hydrogens (primary N) is 1. The monoisotopic (exact) mass is 261 g/mol. The quantitative estimate of drug-likeness (QED) is 0.897. The van der Waals surface area contributed by atoms with E-state index >= 15 is 0 Å². The number of aromatic nitrogens is 4. The van der Waals surface area contributed by atoms with Gasteiger partial charge in [-0.1, -0.05) is 24.9 Å². The van der Waals surface area contributed by atoms with Crippen LogP contribution in [0.4, 0.5) is 5.82 Å². The summed E-state index contributed by atoms with van der Waals surface area (Å²) in [4.78, 5) is 4.50. The second-order valence-corrected chi connectivity index (χ2v) is 5.49. The average Bonchev–Trinajstić information content (AvgIpc) is 2.98. The Labute approximate surface area is 112 Å². The predicted molar refractivity (Wildman–Crippen MR) is 71.3 cm³/mol. The third-order valence-corrected chi connectivity index (χ3v) is 3.96. The fourth-order valence-electron chi connectivity index (χ4n) is 2.79. The van der Waals surface area contributed by atoms with Gasteiger partial charge in [-0.2, -0.15) is 10.1 Å². The minimum absolute atomic E-state index is 0.416. The van der Waals surface area contributed by atoms with Gasteiger partial charge in [-0.15, -0.1) is 0 Å². The van der Waals surface area contributed by atoms with E-state index in [1.807, 2.05) is 0 Å². The van der Waals surface area contributed by atoms with Crippen LogP contribution in [-0.2, 0) is 7.05 Å². The van der Waals surface area contributed by atoms with Crippen molar-refractivity contribution in [3.8, 4) is 11.5 Å². The predicted octanol–water partition coefficient (Wildman–Crippen LogP) is 2.35. The number of anilines is 1. The molecule has 2 unspecified atom stereocenters. The van der Waals surface area contributed by atoms with Crippen molar-refractivity contribution in [2.24, 2.45) is 13.0 Å². The molecular weight excluding hydrogens is 242 g/mol. The molecule has 2 heterocycles. The summed E-state index contributed by atoms with van der Waals surface area (Å²) in [5.74, 6) is 2.99. The zero-order valence-electron chi connectivity index (χ0n) is 11.3. The Morgan fingerprint density at radius 3 is 2.95 bits per heavy atom. The van der Waals surface area contributed by atoms with Crippen LogP contribution in [-0.4, -0.2) is 19.9 Å². The van der Waals surface area contributed by atoms with Gasteiger partial charge in [0.25, 0.3) is 5.89 Å². The highest BCUT2D eigenvalue weighted by atomic mass is 16.5. The van der Waals surface area contributed by atoms with Gasteiger partial charge in [-0.25, -0.2) is 0 Å². The highest BCUT2D eigenvalue weighted by Crippen LogP contribution is 2.35. The molecule has 0 radical (unpaired) electrons. The second kappa shape index (κ2) is 4.68. The minimum atomic E-state index is 0.416. The normalized spacial score (nSPS) is 23.7. The maximum Gasteiger partial charge on any atom is 0.263 e. The second-order valence-electron chi connectivity index (χ2n) is 5.49. The summed E-state index contributed by atoms with van der Waals surface area (Å²) in [5, 5.41) is 8.21. The molecule has 1 fully saturated rings. The van der Waals surface area contributed by atoms with E-state index in [0.717, 1.165) is 24.6 Å². The van der Waals surface area contributed by atoms with E-state index in [2.05, 4.69) is 22.2 Å². The molecule has 2 aromatic rings. The van der Waals surface area contributed by atoms with Crippen LogP contribution in [0.15, 0.2) is 10.7 Å². The number of hydrogen-bond acceptors (Lipinski definition) is 5. The summed E-state index contributed by atoms with van der Waals surface area (Å²) in [5.41, 5.74) is 6.63. The lowest BCUT2D eigenvalue weighted by Gasteiger charge is -2.23. The van der Waals surface area contributed by atoms with Gasteiger partial charge in [0, 0.05) is 13.0 Å². The molecule has 0 bridgehead atoms. The van der Waals surface area contributed by atoms with Crippen LogP contribution in [0.1, 0.15) is 44.3 Å². The average molecular weight is 261 g/mol. The Bertz CT molecular complexity index is 573. The van der Waals surface area contributed by atoms with E-state index in [0.29, 0.717) is 23.2 Å². The number of aryl methyl sites for hydroxylation is 1. The number of hydrogen-bond donors (Lipinski definition) is 1. The molecule has 2 atom stereocenters. The molecule has 102 valence electrons. The Hall–Kier alpha value is -1.85. The van der Waals surface area contributed by atoms with Crippen molar-refractivity contribution >= 4 is 5.82 Å². The smallest absolute Gasteiger partial charge is 0.263 e. The molecule has 0 spiro atoms. The zero-order valence-corrected chi connectivity index (χ0v) is 11.3. The van der Waals surface area contributed by atoms with Crippen molar-refractivity contribution in [3.63, 3.8) is 0 Å². The van der Waals surface area contributed by atoms with Gasteiger partial charge in [0.2, 0.25) is 0 Å². The molecule has 1 aliphatic rings. The van der Waals surface area contributed by atoms with E-state index in [1.54, 1.807) is 17.9 Å². The lowest BCUT2D eigenvalue weighted by atomic mass is 9.82. The van der Waals surface area contributed by atoms with Crippen molar-refractivity contribution in [3.05, 3.63) is 12.0 Å². The van der Waals surface area contributed by atoms with Crippen LogP contribution >= 0.6 is 0 Å². The van der Waals surface area contributed by atoms with Crippen LogP contribution < -0.4 is 5.73 Å². The van der Waals surface area contributed by atoms with E-state index < -0.39 is 0 Å². The molecule has 6 nitrogen and oxygen atoms in total. The Morgan fingerprint density at radius 1 is 1.42 bits per heavy atom. The van der Waals surface area contributed by atoms with Crippen molar-refractivity contribution in [2.45, 2.75) is 38.5 Å². The number of nitrogen functional groups attached to an aromatic ring is 1. The first kappa shape index (κ1) is 12.2. The van der Waals surface area contributed by atoms with Gasteiger partial charge < -0.3 is 10.3 Å². The summed E-state index contributed by atoms with van der Waals surface area (Å²) in [6, 6.07) is 0. The minimum Gasteiger partial charge on any atom is -0.383 e. The molecule has 3 rings (SSSR count). The van der Waals surface area contributed by atoms with Crippen LogP contribution in [0.5, 0.6) is 0 Å². The van der Waals surface area contributed by atoms with Gasteiger partial charge >= 0.3 is 0 Å². The molecule has 19 heavy (non-hydrogen) atoms. The molecule has 2 N–H and O–H groups in total. The first-order chi connectivity index (χ1) is 9.15. The topological polar surface area (TPSA) is 82.8 Å². The molecule has 1 aliphatic carbocycles. The van der Waals surface area contributed by atoms with E-state index in [4.69, 9.17) is 10.3 Å². The molecular formula is C13H19N5O. The summed E-state index contributed by atoms with van der Waals surface area (Å²) in [6.07, 6.45) is 6.49. The summed E-state index contributed by atoms with van der Waals surface area (Å²) in [7, 11) is 1.79. The highest BCUT2D eigenvalue weighted by molar-refractivity contribution is 5.66. The highest BCUT2D eigenvalue weighted by Gasteiger charge is 2.25. The summed E-state index contributed by atoms with van der Waals surface area (Å²) < 4.78 is 6.94. The van der Waals surface area contributed by atoms with Gasteiger partial charge in [0.05, 0.1) is 6.20 Å². The number of rotatable bonds is 2. The zero-order chi connectivity index (χ0) is 13.4. The van der Waals surface area contributed by atoms with Crippen LogP contribution in [0.3, 0.4) is 0 Å². The molecule has 0 saturated heterocycles. The number of nitrogens with zero attached hydrogens (tertiary/aromatic N) is 4. The summed E-state index contributed by atoms with van der Waals surface area (Å²) >= 11 is 0. The molecule has 0 aromatic carbocycles. The maximum absolute atomic E-state index is 5.92. The molecule has 0 amide bonds. The largest absolute Gasteiger partial charge is 0.383 e. The fraction of sp³-hybridized carbons (Fsp3) is 0.615. The van der Waals surface area contributed by atoms with Gasteiger partial charge in [-0.05, 0) is 18.8 Å². The van der Waals surface area contributed by atoms with Crippen LogP contribution in [0.2, 0.25) is 0 Å². The van der Waals surface area contributed by atoms with Gasteiger partial charge in [0.1, 0.15) is 11.4 Å². The molecule has 6 heteroatoms. The lowest BCUT2D eigenvalue weighted by Crippen LogP contribution is -2.12. The SMILES string of the molecule is CC1CCCC(c2noc(-c3cnn(C)c3N)n2)C1. The standard InChI is InChI=1S/C13H19N5O/c1-8-4-3-5-9(6-8)12-16-13(19-17-12)10-7-15-18(2)11(10)14/h7-9H,3-6,14H2,1-2H3. The van der Waals surface area contributed by atoms with E-state index in [9.17, 15) is 0 Å². The van der Waals surface area contributed by atoms with Gasteiger partial charge in [-0.3, -0.25) is 4.68 Å². The van der Waals surface area contributed by atoms with Crippen molar-refractivity contribution in [2.75, 3.05) is 5.73 Å². The summed E-state index contributed by atoms with van der Waals surface area (Å²) in [6.45, 7) is 2.28. The van der Waals surface area contributed by atoms with Gasteiger partial charge in [0.15, 0.2) is 5.82 Å². The molecule has 1 saturated carbocycles. The van der Waals surface area contributed by atoms with Crippen molar-refractivity contribution in [1.82, 2.24) is 19.9 Å². The van der Waals surface area contributed by atoms with Crippen LogP contribution in [0, 0.1) is 5.92 Å². The third kappa shape index (κ3) is 2.22.